The molecule has 5 nitrogen and oxygen atoms in total. The van der Waals surface area contributed by atoms with Crippen LogP contribution in [0, 0.1) is 0 Å². The summed E-state index contributed by atoms with van der Waals surface area (Å²) in [6.45, 7) is 1.41. The lowest BCUT2D eigenvalue weighted by molar-refractivity contribution is 0.0774. The lowest BCUT2D eigenvalue weighted by Gasteiger charge is -2.23. The van der Waals surface area contributed by atoms with E-state index in [1.165, 1.54) is 6.07 Å². The minimum absolute atomic E-state index is 0.0805. The van der Waals surface area contributed by atoms with Crippen molar-refractivity contribution >= 4 is 21.6 Å². The Kier molecular flexibility index (Phi) is 4.81. The Bertz CT molecular complexity index is 542. The molecule has 0 spiro atoms. The summed E-state index contributed by atoms with van der Waals surface area (Å²) in [5, 5.41) is 0.187. The summed E-state index contributed by atoms with van der Waals surface area (Å²) < 4.78 is 32.4. The normalized spacial score (nSPS) is 20.4. The van der Waals surface area contributed by atoms with Gasteiger partial charge < -0.3 is 10.5 Å². The molecule has 1 aliphatic rings. The zero-order valence-electron chi connectivity index (χ0n) is 10.4. The third-order valence-electron chi connectivity index (χ3n) is 3.00. The van der Waals surface area contributed by atoms with E-state index >= 15 is 0 Å². The highest BCUT2D eigenvalue weighted by atomic mass is 35.5. The molecule has 0 bridgehead atoms. The average molecular weight is 305 g/mol. The molecule has 3 N–H and O–H groups in total. The van der Waals surface area contributed by atoms with Gasteiger partial charge in [-0.15, -0.1) is 0 Å². The van der Waals surface area contributed by atoms with Crippen molar-refractivity contribution in [1.29, 1.82) is 0 Å². The van der Waals surface area contributed by atoms with Crippen molar-refractivity contribution in [2.45, 2.75) is 30.3 Å². The van der Waals surface area contributed by atoms with Crippen molar-refractivity contribution < 1.29 is 13.2 Å². The Morgan fingerprint density at radius 1 is 1.47 bits per heavy atom. The minimum atomic E-state index is -3.62. The fraction of sp³-hybridized carbons (Fsp3) is 0.500. The molecule has 0 saturated carbocycles. The molecule has 0 amide bonds. The van der Waals surface area contributed by atoms with Crippen LogP contribution in [-0.2, 0) is 21.3 Å². The third kappa shape index (κ3) is 3.67. The largest absolute Gasteiger partial charge is 0.380 e. The van der Waals surface area contributed by atoms with Crippen LogP contribution in [-0.4, -0.2) is 27.7 Å². The van der Waals surface area contributed by atoms with Gasteiger partial charge in [-0.3, -0.25) is 0 Å². The van der Waals surface area contributed by atoms with Crippen molar-refractivity contribution in [3.63, 3.8) is 0 Å². The maximum Gasteiger partial charge on any atom is 0.242 e. The van der Waals surface area contributed by atoms with Crippen molar-refractivity contribution in [3.05, 3.63) is 28.8 Å². The first kappa shape index (κ1) is 14.7. The SMILES string of the molecule is NCc1ccc(S(=O)(=O)NC2CCCOC2)c(Cl)c1. The Morgan fingerprint density at radius 3 is 2.84 bits per heavy atom. The lowest BCUT2D eigenvalue weighted by atomic mass is 10.1. The Labute approximate surface area is 118 Å². The molecular weight excluding hydrogens is 288 g/mol. The van der Waals surface area contributed by atoms with Gasteiger partial charge in [0.05, 0.1) is 11.6 Å². The summed E-state index contributed by atoms with van der Waals surface area (Å²) in [7, 11) is -3.62. The number of halogens is 1. The Hall–Kier alpha value is -0.660. The molecule has 106 valence electrons. The molecule has 1 aromatic carbocycles. The minimum Gasteiger partial charge on any atom is -0.380 e. The maximum absolute atomic E-state index is 12.2. The van der Waals surface area contributed by atoms with Gasteiger partial charge in [-0.05, 0) is 30.5 Å². The number of ether oxygens (including phenoxy) is 1. The molecule has 1 aliphatic heterocycles. The maximum atomic E-state index is 12.2. The van der Waals surface area contributed by atoms with Gasteiger partial charge in [-0.25, -0.2) is 13.1 Å². The van der Waals surface area contributed by atoms with E-state index in [-0.39, 0.29) is 16.0 Å². The first-order chi connectivity index (χ1) is 9.03. The van der Waals surface area contributed by atoms with E-state index in [4.69, 9.17) is 22.1 Å². The van der Waals surface area contributed by atoms with Gasteiger partial charge in [0, 0.05) is 19.2 Å². The summed E-state index contributed by atoms with van der Waals surface area (Å²) in [6, 6.07) is 4.53. The highest BCUT2D eigenvalue weighted by Gasteiger charge is 2.24. The summed E-state index contributed by atoms with van der Waals surface area (Å²) in [4.78, 5) is 0.0805. The van der Waals surface area contributed by atoms with Crippen molar-refractivity contribution in [2.24, 2.45) is 5.73 Å². The van der Waals surface area contributed by atoms with Gasteiger partial charge in [0.15, 0.2) is 0 Å². The Morgan fingerprint density at radius 2 is 2.26 bits per heavy atom. The van der Waals surface area contributed by atoms with Gasteiger partial charge in [0.2, 0.25) is 10.0 Å². The van der Waals surface area contributed by atoms with Crippen molar-refractivity contribution in [2.75, 3.05) is 13.2 Å². The molecule has 1 atom stereocenters. The third-order valence-corrected chi connectivity index (χ3v) is 5.01. The predicted octanol–water partition coefficient (Wildman–Crippen LogP) is 1.26. The Balaban J connectivity index is 2.18. The van der Waals surface area contributed by atoms with Crippen LogP contribution in [0.2, 0.25) is 5.02 Å². The van der Waals surface area contributed by atoms with Crippen LogP contribution in [0.3, 0.4) is 0 Å². The smallest absolute Gasteiger partial charge is 0.242 e. The summed E-state index contributed by atoms with van der Waals surface area (Å²) in [5.74, 6) is 0. The van der Waals surface area contributed by atoms with Crippen molar-refractivity contribution in [1.82, 2.24) is 4.72 Å². The van der Waals surface area contributed by atoms with Crippen LogP contribution < -0.4 is 10.5 Å². The van der Waals surface area contributed by atoms with Gasteiger partial charge in [-0.2, -0.15) is 0 Å². The van der Waals surface area contributed by atoms with Crippen molar-refractivity contribution in [3.8, 4) is 0 Å². The zero-order valence-corrected chi connectivity index (χ0v) is 12.0. The van der Waals surface area contributed by atoms with Crippen LogP contribution >= 0.6 is 11.6 Å². The number of rotatable bonds is 4. The second-order valence-corrected chi connectivity index (χ2v) is 6.59. The quantitative estimate of drug-likeness (QED) is 0.877. The highest BCUT2D eigenvalue weighted by molar-refractivity contribution is 7.89. The molecule has 0 aromatic heterocycles. The highest BCUT2D eigenvalue weighted by Crippen LogP contribution is 2.23. The van der Waals surface area contributed by atoms with Crippen LogP contribution in [0.25, 0.3) is 0 Å². The van der Waals surface area contributed by atoms with Crippen LogP contribution in [0.5, 0.6) is 0 Å². The van der Waals surface area contributed by atoms with Gasteiger partial charge in [0.25, 0.3) is 0 Å². The van der Waals surface area contributed by atoms with E-state index in [0.29, 0.717) is 19.8 Å². The molecule has 2 rings (SSSR count). The number of nitrogens with two attached hydrogens (primary N) is 1. The molecule has 0 radical (unpaired) electrons. The van der Waals surface area contributed by atoms with E-state index in [2.05, 4.69) is 4.72 Å². The molecule has 1 aromatic rings. The van der Waals surface area contributed by atoms with E-state index in [1.54, 1.807) is 12.1 Å². The van der Waals surface area contributed by atoms with E-state index in [1.807, 2.05) is 0 Å². The second kappa shape index (κ2) is 6.19. The van der Waals surface area contributed by atoms with E-state index in [0.717, 1.165) is 18.4 Å². The number of sulfonamides is 1. The monoisotopic (exact) mass is 304 g/mol. The standard InChI is InChI=1S/C12H17ClN2O3S/c13-11-6-9(7-14)3-4-12(11)19(16,17)15-10-2-1-5-18-8-10/h3-4,6,10,15H,1-2,5,7-8,14H2. The number of benzene rings is 1. The number of nitrogens with one attached hydrogen (secondary N) is 1. The molecule has 7 heteroatoms. The molecule has 1 unspecified atom stereocenters. The summed E-state index contributed by atoms with van der Waals surface area (Å²) in [6.07, 6.45) is 1.63. The molecule has 19 heavy (non-hydrogen) atoms. The molecule has 1 heterocycles. The molecular formula is C12H17ClN2O3S. The fourth-order valence-corrected chi connectivity index (χ4v) is 3.83. The number of hydrogen-bond donors (Lipinski definition) is 2. The number of hydrogen-bond acceptors (Lipinski definition) is 4. The van der Waals surface area contributed by atoms with Gasteiger partial charge in [0.1, 0.15) is 4.90 Å². The molecule has 1 saturated heterocycles. The first-order valence-corrected chi connectivity index (χ1v) is 7.97. The zero-order chi connectivity index (χ0) is 13.9. The topological polar surface area (TPSA) is 81.4 Å². The molecule has 0 aliphatic carbocycles. The molecule has 1 fully saturated rings. The first-order valence-electron chi connectivity index (χ1n) is 6.11. The second-order valence-electron chi connectivity index (χ2n) is 4.50. The fourth-order valence-electron chi connectivity index (χ4n) is 2.01. The summed E-state index contributed by atoms with van der Waals surface area (Å²) >= 11 is 6.00. The van der Waals surface area contributed by atoms with Crippen LogP contribution in [0.4, 0.5) is 0 Å². The lowest BCUT2D eigenvalue weighted by Crippen LogP contribution is -2.40. The summed E-state index contributed by atoms with van der Waals surface area (Å²) in [5.41, 5.74) is 6.28. The van der Waals surface area contributed by atoms with E-state index in [9.17, 15) is 8.42 Å². The average Bonchev–Trinajstić information content (AvgIpc) is 2.38. The van der Waals surface area contributed by atoms with Gasteiger partial charge in [-0.1, -0.05) is 17.7 Å². The predicted molar refractivity (Wildman–Crippen MR) is 73.5 cm³/mol. The van der Waals surface area contributed by atoms with Gasteiger partial charge >= 0.3 is 0 Å². The van der Waals surface area contributed by atoms with Crippen LogP contribution in [0.15, 0.2) is 23.1 Å². The van der Waals surface area contributed by atoms with E-state index < -0.39 is 10.0 Å². The van der Waals surface area contributed by atoms with Crippen LogP contribution in [0.1, 0.15) is 18.4 Å².